The lowest BCUT2D eigenvalue weighted by Gasteiger charge is -2.12. The second-order valence-electron chi connectivity index (χ2n) is 5.02. The summed E-state index contributed by atoms with van der Waals surface area (Å²) in [4.78, 5) is 0. The molecule has 0 aliphatic carbocycles. The summed E-state index contributed by atoms with van der Waals surface area (Å²) in [6.45, 7) is 1.50. The molecule has 1 aliphatic heterocycles. The van der Waals surface area contributed by atoms with E-state index in [0.29, 0.717) is 6.61 Å². The molecule has 0 saturated carbocycles. The summed E-state index contributed by atoms with van der Waals surface area (Å²) in [6, 6.07) is 16.2. The summed E-state index contributed by atoms with van der Waals surface area (Å²) in [5.74, 6) is 0.906. The van der Waals surface area contributed by atoms with Crippen LogP contribution in [0.3, 0.4) is 0 Å². The maximum absolute atomic E-state index is 6.18. The van der Waals surface area contributed by atoms with Crippen LogP contribution in [0.2, 0.25) is 5.02 Å². The van der Waals surface area contributed by atoms with Crippen LogP contribution in [-0.2, 0) is 11.2 Å². The Labute approximate surface area is 124 Å². The highest BCUT2D eigenvalue weighted by atomic mass is 35.5. The van der Waals surface area contributed by atoms with Gasteiger partial charge in [-0.1, -0.05) is 41.9 Å². The van der Waals surface area contributed by atoms with Gasteiger partial charge in [-0.15, -0.1) is 0 Å². The van der Waals surface area contributed by atoms with Crippen molar-refractivity contribution in [3.8, 4) is 5.75 Å². The fourth-order valence-electron chi connectivity index (χ4n) is 2.35. The third kappa shape index (κ3) is 3.33. The van der Waals surface area contributed by atoms with Crippen LogP contribution in [0, 0.1) is 0 Å². The zero-order chi connectivity index (χ0) is 13.8. The molecule has 0 N–H and O–H groups in total. The second-order valence-corrected chi connectivity index (χ2v) is 5.42. The first-order valence-electron chi connectivity index (χ1n) is 6.88. The molecule has 2 aromatic carbocycles. The maximum Gasteiger partial charge on any atom is 0.124 e. The number of hydrogen-bond acceptors (Lipinski definition) is 2. The van der Waals surface area contributed by atoms with Gasteiger partial charge in [0.2, 0.25) is 0 Å². The van der Waals surface area contributed by atoms with E-state index in [2.05, 4.69) is 18.2 Å². The maximum atomic E-state index is 6.18. The first-order valence-corrected chi connectivity index (χ1v) is 7.26. The summed E-state index contributed by atoms with van der Waals surface area (Å²) in [5, 5.41) is 0.816. The zero-order valence-electron chi connectivity index (χ0n) is 11.2. The third-order valence-corrected chi connectivity index (χ3v) is 3.84. The molecule has 0 bridgehead atoms. The lowest BCUT2D eigenvalue weighted by Crippen LogP contribution is -2.15. The summed E-state index contributed by atoms with van der Waals surface area (Å²) >= 11 is 6.18. The minimum atomic E-state index is 0.199. The topological polar surface area (TPSA) is 18.5 Å². The summed E-state index contributed by atoms with van der Waals surface area (Å²) in [7, 11) is 0. The predicted octanol–water partition coefficient (Wildman–Crippen LogP) is 4.10. The molecule has 0 radical (unpaired) electrons. The Hall–Kier alpha value is -1.51. The van der Waals surface area contributed by atoms with E-state index in [9.17, 15) is 0 Å². The molecule has 1 fully saturated rings. The van der Waals surface area contributed by atoms with Gasteiger partial charge < -0.3 is 9.47 Å². The summed E-state index contributed by atoms with van der Waals surface area (Å²) in [6.07, 6.45) is 2.01. The first kappa shape index (κ1) is 13.5. The van der Waals surface area contributed by atoms with Crippen LogP contribution in [0.4, 0.5) is 0 Å². The molecule has 1 heterocycles. The van der Waals surface area contributed by atoms with E-state index < -0.39 is 0 Å². The van der Waals surface area contributed by atoms with Crippen LogP contribution in [0.15, 0.2) is 48.5 Å². The summed E-state index contributed by atoms with van der Waals surface area (Å²) in [5.41, 5.74) is 2.38. The van der Waals surface area contributed by atoms with E-state index in [1.165, 1.54) is 5.56 Å². The number of benzene rings is 2. The van der Waals surface area contributed by atoms with Crippen molar-refractivity contribution in [3.63, 3.8) is 0 Å². The number of ether oxygens (including phenoxy) is 2. The van der Waals surface area contributed by atoms with Gasteiger partial charge in [-0.3, -0.25) is 0 Å². The highest BCUT2D eigenvalue weighted by Gasteiger charge is 2.16. The largest absolute Gasteiger partial charge is 0.488 e. The minimum Gasteiger partial charge on any atom is -0.488 e. The molecule has 1 aliphatic rings. The van der Waals surface area contributed by atoms with Crippen molar-refractivity contribution in [2.45, 2.75) is 18.9 Å². The lowest BCUT2D eigenvalue weighted by molar-refractivity contribution is 0.141. The van der Waals surface area contributed by atoms with Crippen LogP contribution in [0.1, 0.15) is 17.5 Å². The molecule has 0 aromatic heterocycles. The van der Waals surface area contributed by atoms with E-state index in [0.717, 1.165) is 35.8 Å². The second kappa shape index (κ2) is 6.29. The molecule has 3 rings (SSSR count). The van der Waals surface area contributed by atoms with E-state index in [-0.39, 0.29) is 6.10 Å². The fourth-order valence-corrected chi connectivity index (χ4v) is 2.55. The molecular weight excluding hydrogens is 272 g/mol. The van der Waals surface area contributed by atoms with Crippen molar-refractivity contribution in [2.24, 2.45) is 0 Å². The Balaban J connectivity index is 1.65. The highest BCUT2D eigenvalue weighted by Crippen LogP contribution is 2.22. The van der Waals surface area contributed by atoms with Crippen LogP contribution in [0.25, 0.3) is 0 Å². The quantitative estimate of drug-likeness (QED) is 0.843. The fraction of sp³-hybridized carbons (Fsp3) is 0.294. The van der Waals surface area contributed by atoms with E-state index in [1.54, 1.807) is 0 Å². The predicted molar refractivity (Wildman–Crippen MR) is 80.6 cm³/mol. The van der Waals surface area contributed by atoms with Gasteiger partial charge in [-0.2, -0.15) is 0 Å². The lowest BCUT2D eigenvalue weighted by atomic mass is 10.1. The molecule has 0 spiro atoms. The van der Waals surface area contributed by atoms with Gasteiger partial charge in [0.15, 0.2) is 0 Å². The van der Waals surface area contributed by atoms with Gasteiger partial charge in [0.25, 0.3) is 0 Å². The molecule has 1 atom stereocenters. The molecule has 2 aromatic rings. The van der Waals surface area contributed by atoms with Gasteiger partial charge >= 0.3 is 0 Å². The van der Waals surface area contributed by atoms with Crippen molar-refractivity contribution < 1.29 is 9.47 Å². The standard InChI is InChI=1S/C17H17ClO2/c18-17-4-2-1-3-14(17)11-13-5-7-15(8-6-13)20-16-9-10-19-12-16/h1-8,16H,9-12H2/t16-/m0/s1. The van der Waals surface area contributed by atoms with Gasteiger partial charge in [0.05, 0.1) is 13.2 Å². The number of halogens is 1. The third-order valence-electron chi connectivity index (χ3n) is 3.47. The van der Waals surface area contributed by atoms with Crippen LogP contribution >= 0.6 is 11.6 Å². The van der Waals surface area contributed by atoms with Crippen molar-refractivity contribution in [1.82, 2.24) is 0 Å². The van der Waals surface area contributed by atoms with Gasteiger partial charge in [0, 0.05) is 11.4 Å². The SMILES string of the molecule is Clc1ccccc1Cc1ccc(O[C@H]2CCOC2)cc1. The van der Waals surface area contributed by atoms with E-state index in [4.69, 9.17) is 21.1 Å². The van der Waals surface area contributed by atoms with Crippen molar-refractivity contribution in [2.75, 3.05) is 13.2 Å². The average molecular weight is 289 g/mol. The molecule has 0 amide bonds. The Kier molecular flexibility index (Phi) is 4.24. The molecule has 0 unspecified atom stereocenters. The van der Waals surface area contributed by atoms with Crippen LogP contribution < -0.4 is 4.74 Å². The Morgan fingerprint density at radius 3 is 2.60 bits per heavy atom. The van der Waals surface area contributed by atoms with Crippen LogP contribution in [0.5, 0.6) is 5.75 Å². The monoisotopic (exact) mass is 288 g/mol. The zero-order valence-corrected chi connectivity index (χ0v) is 12.0. The summed E-state index contributed by atoms with van der Waals surface area (Å²) < 4.78 is 11.2. The van der Waals surface area contributed by atoms with Gasteiger partial charge in [-0.05, 0) is 35.7 Å². The van der Waals surface area contributed by atoms with E-state index in [1.807, 2.05) is 30.3 Å². The van der Waals surface area contributed by atoms with Gasteiger partial charge in [0.1, 0.15) is 11.9 Å². The smallest absolute Gasteiger partial charge is 0.124 e. The normalized spacial score (nSPS) is 18.1. The Bertz CT molecular complexity index is 559. The number of hydrogen-bond donors (Lipinski definition) is 0. The molecule has 3 heteroatoms. The first-order chi connectivity index (χ1) is 9.81. The van der Waals surface area contributed by atoms with E-state index >= 15 is 0 Å². The molecular formula is C17H17ClO2. The van der Waals surface area contributed by atoms with Crippen molar-refractivity contribution >= 4 is 11.6 Å². The molecule has 104 valence electrons. The Morgan fingerprint density at radius 1 is 1.10 bits per heavy atom. The molecule has 20 heavy (non-hydrogen) atoms. The molecule has 2 nitrogen and oxygen atoms in total. The molecule has 1 saturated heterocycles. The van der Waals surface area contributed by atoms with Crippen molar-refractivity contribution in [3.05, 3.63) is 64.7 Å². The highest BCUT2D eigenvalue weighted by molar-refractivity contribution is 6.31. The van der Waals surface area contributed by atoms with Crippen molar-refractivity contribution in [1.29, 1.82) is 0 Å². The Morgan fingerprint density at radius 2 is 1.90 bits per heavy atom. The van der Waals surface area contributed by atoms with Crippen LogP contribution in [-0.4, -0.2) is 19.3 Å². The average Bonchev–Trinajstić information content (AvgIpc) is 2.96. The number of rotatable bonds is 4. The minimum absolute atomic E-state index is 0.199. The van der Waals surface area contributed by atoms with Gasteiger partial charge in [-0.25, -0.2) is 0 Å².